The lowest BCUT2D eigenvalue weighted by Gasteiger charge is -2.32. The first-order valence-corrected chi connectivity index (χ1v) is 13.4. The number of hydrogen-bond donors (Lipinski definition) is 3. The monoisotopic (exact) mass is 610 g/mol. The summed E-state index contributed by atoms with van der Waals surface area (Å²) in [4.78, 5) is 32.1. The maximum absolute atomic E-state index is 13.7. The number of H-pyrrole nitrogens is 1. The number of aromatic nitrogens is 1. The van der Waals surface area contributed by atoms with Crippen molar-refractivity contribution in [3.05, 3.63) is 105 Å². The molecular formula is C28H28Br2N4O2. The van der Waals surface area contributed by atoms with E-state index in [1.165, 1.54) is 0 Å². The minimum atomic E-state index is -0.829. The van der Waals surface area contributed by atoms with Gasteiger partial charge in [-0.25, -0.2) is 0 Å². The number of rotatable bonds is 10. The molecule has 0 bridgehead atoms. The van der Waals surface area contributed by atoms with Gasteiger partial charge in [-0.15, -0.1) is 0 Å². The second-order valence-electron chi connectivity index (χ2n) is 8.51. The molecule has 4 N–H and O–H groups in total. The summed E-state index contributed by atoms with van der Waals surface area (Å²) < 4.78 is 1.58. The highest BCUT2D eigenvalue weighted by Crippen LogP contribution is 2.32. The van der Waals surface area contributed by atoms with Crippen LogP contribution in [0.15, 0.2) is 87.9 Å². The third-order valence-electron chi connectivity index (χ3n) is 6.10. The largest absolute Gasteiger partial charge is 0.361 e. The Morgan fingerprint density at radius 1 is 1.00 bits per heavy atom. The van der Waals surface area contributed by atoms with E-state index in [1.54, 1.807) is 4.90 Å². The molecule has 4 aromatic rings. The number of nitrogens with zero attached hydrogens (tertiary/aromatic N) is 1. The molecule has 0 aliphatic carbocycles. The van der Waals surface area contributed by atoms with Crippen LogP contribution in [0.25, 0.3) is 10.9 Å². The Balaban J connectivity index is 1.67. The van der Waals surface area contributed by atoms with Crippen LogP contribution < -0.4 is 11.1 Å². The number of para-hydroxylation sites is 1. The molecule has 0 spiro atoms. The number of benzene rings is 3. The number of hydrogen-bond acceptors (Lipinski definition) is 3. The molecule has 4 rings (SSSR count). The number of halogens is 2. The van der Waals surface area contributed by atoms with E-state index in [9.17, 15) is 9.59 Å². The van der Waals surface area contributed by atoms with Crippen molar-refractivity contribution in [3.63, 3.8) is 0 Å². The molecule has 1 atom stereocenters. The molecule has 36 heavy (non-hydrogen) atoms. The molecule has 0 radical (unpaired) electrons. The number of carbonyl (C=O) groups is 2. The summed E-state index contributed by atoms with van der Waals surface area (Å²) in [6.07, 6.45) is 2.71. The van der Waals surface area contributed by atoms with Gasteiger partial charge >= 0.3 is 0 Å². The van der Waals surface area contributed by atoms with Gasteiger partial charge in [0, 0.05) is 52.1 Å². The number of aromatic amines is 1. The smallest absolute Gasteiger partial charge is 0.247 e. The molecule has 0 saturated heterocycles. The number of carbonyl (C=O) groups excluding carboxylic acids is 2. The lowest BCUT2D eigenvalue weighted by molar-refractivity contribution is -0.140. The summed E-state index contributed by atoms with van der Waals surface area (Å²) in [5.74, 6) is -0.411. The molecule has 1 heterocycles. The van der Waals surface area contributed by atoms with E-state index < -0.39 is 6.04 Å². The van der Waals surface area contributed by atoms with Crippen molar-refractivity contribution in [3.8, 4) is 0 Å². The van der Waals surface area contributed by atoms with Crippen LogP contribution in [0.5, 0.6) is 0 Å². The van der Waals surface area contributed by atoms with Crippen LogP contribution in [0.3, 0.4) is 0 Å². The van der Waals surface area contributed by atoms with Gasteiger partial charge in [-0.3, -0.25) is 9.59 Å². The Kier molecular flexibility index (Phi) is 8.96. The van der Waals surface area contributed by atoms with Crippen molar-refractivity contribution >= 4 is 54.6 Å². The molecule has 0 aliphatic rings. The molecule has 6 nitrogen and oxygen atoms in total. The van der Waals surface area contributed by atoms with Crippen LogP contribution in [0.4, 0.5) is 0 Å². The third kappa shape index (κ3) is 6.24. The summed E-state index contributed by atoms with van der Waals surface area (Å²) in [7, 11) is 0. The highest BCUT2D eigenvalue weighted by atomic mass is 79.9. The van der Waals surface area contributed by atoms with Gasteiger partial charge in [0.2, 0.25) is 11.8 Å². The minimum Gasteiger partial charge on any atom is -0.361 e. The molecular weight excluding hydrogens is 584 g/mol. The number of nitrogens with two attached hydrogens (primary N) is 1. The summed E-state index contributed by atoms with van der Waals surface area (Å²) in [6, 6.07) is 22.6. The fourth-order valence-corrected chi connectivity index (χ4v) is 5.14. The van der Waals surface area contributed by atoms with Crippen molar-refractivity contribution in [1.29, 1.82) is 0 Å². The molecule has 1 aromatic heterocycles. The van der Waals surface area contributed by atoms with Crippen LogP contribution in [0.2, 0.25) is 0 Å². The maximum Gasteiger partial charge on any atom is 0.247 e. The fourth-order valence-electron chi connectivity index (χ4n) is 4.30. The second-order valence-corrected chi connectivity index (χ2v) is 10.3. The molecule has 1 unspecified atom stereocenters. The Bertz CT molecular complexity index is 1340. The van der Waals surface area contributed by atoms with E-state index in [0.29, 0.717) is 25.1 Å². The maximum atomic E-state index is 13.7. The SMILES string of the molecule is NCCC(=O)N(CCc1c[nH]c2ccccc12)C(C(=O)NCc1ccccc1)c1cc(Br)ccc1Br. The lowest BCUT2D eigenvalue weighted by Crippen LogP contribution is -2.45. The standard InChI is InChI=1S/C28H28Br2N4O2/c29-21-10-11-24(30)23(16-21)27(28(36)33-17-19-6-2-1-3-7-19)34(26(35)12-14-31)15-13-20-18-32-25-9-5-4-8-22(20)25/h1-11,16,18,27,32H,12-15,17,31H2,(H,33,36). The van der Waals surface area contributed by atoms with E-state index >= 15 is 0 Å². The van der Waals surface area contributed by atoms with Gasteiger partial charge in [0.15, 0.2) is 0 Å². The number of amides is 2. The van der Waals surface area contributed by atoms with Gasteiger partial charge in [-0.2, -0.15) is 0 Å². The topological polar surface area (TPSA) is 91.2 Å². The average Bonchev–Trinajstić information content (AvgIpc) is 3.30. The van der Waals surface area contributed by atoms with E-state index in [0.717, 1.165) is 31.0 Å². The number of fused-ring (bicyclic) bond motifs is 1. The quantitative estimate of drug-likeness (QED) is 0.222. The van der Waals surface area contributed by atoms with Gasteiger partial charge in [0.1, 0.15) is 6.04 Å². The zero-order chi connectivity index (χ0) is 25.5. The zero-order valence-electron chi connectivity index (χ0n) is 19.7. The van der Waals surface area contributed by atoms with Gasteiger partial charge in [-0.05, 0) is 47.4 Å². The van der Waals surface area contributed by atoms with E-state index in [4.69, 9.17) is 5.73 Å². The third-order valence-corrected chi connectivity index (χ3v) is 7.31. The zero-order valence-corrected chi connectivity index (χ0v) is 22.9. The van der Waals surface area contributed by atoms with Crippen molar-refractivity contribution in [1.82, 2.24) is 15.2 Å². The first-order valence-electron chi connectivity index (χ1n) is 11.8. The van der Waals surface area contributed by atoms with Gasteiger partial charge in [0.05, 0.1) is 0 Å². The molecule has 186 valence electrons. The Labute approximate surface area is 227 Å². The predicted molar refractivity (Wildman–Crippen MR) is 150 cm³/mol. The van der Waals surface area contributed by atoms with Crippen LogP contribution in [0.1, 0.15) is 29.2 Å². The minimum absolute atomic E-state index is 0.155. The fraction of sp³-hybridized carbons (Fsp3) is 0.214. The normalized spacial score (nSPS) is 11.9. The number of nitrogens with one attached hydrogen (secondary N) is 2. The average molecular weight is 612 g/mol. The van der Waals surface area contributed by atoms with Crippen molar-refractivity contribution in [2.75, 3.05) is 13.1 Å². The van der Waals surface area contributed by atoms with Crippen LogP contribution in [-0.2, 0) is 22.6 Å². The summed E-state index contributed by atoms with van der Waals surface area (Å²) >= 11 is 7.13. The molecule has 0 aliphatic heterocycles. The van der Waals surface area contributed by atoms with E-state index in [1.807, 2.05) is 72.9 Å². The van der Waals surface area contributed by atoms with Gasteiger partial charge in [0.25, 0.3) is 0 Å². The van der Waals surface area contributed by atoms with E-state index in [-0.39, 0.29) is 24.8 Å². The summed E-state index contributed by atoms with van der Waals surface area (Å²) in [6.45, 7) is 0.937. The van der Waals surface area contributed by atoms with Gasteiger partial charge < -0.3 is 20.9 Å². The van der Waals surface area contributed by atoms with Crippen molar-refractivity contribution in [2.45, 2.75) is 25.4 Å². The van der Waals surface area contributed by atoms with Crippen LogP contribution >= 0.6 is 31.9 Å². The molecule has 2 amide bonds. The second kappa shape index (κ2) is 12.3. The van der Waals surface area contributed by atoms with Crippen LogP contribution in [0, 0.1) is 0 Å². The first kappa shape index (κ1) is 26.1. The Morgan fingerprint density at radius 2 is 1.75 bits per heavy atom. The molecule has 8 heteroatoms. The summed E-state index contributed by atoms with van der Waals surface area (Å²) in [5.41, 5.74) is 9.59. The highest BCUT2D eigenvalue weighted by Gasteiger charge is 2.32. The van der Waals surface area contributed by atoms with E-state index in [2.05, 4.69) is 48.2 Å². The predicted octanol–water partition coefficient (Wildman–Crippen LogP) is 5.47. The summed E-state index contributed by atoms with van der Waals surface area (Å²) in [5, 5.41) is 4.15. The first-order chi connectivity index (χ1) is 17.5. The Morgan fingerprint density at radius 3 is 2.53 bits per heavy atom. The molecule has 3 aromatic carbocycles. The van der Waals surface area contributed by atoms with Crippen LogP contribution in [-0.4, -0.2) is 34.8 Å². The highest BCUT2D eigenvalue weighted by molar-refractivity contribution is 9.11. The lowest BCUT2D eigenvalue weighted by atomic mass is 10.0. The van der Waals surface area contributed by atoms with Crippen molar-refractivity contribution < 1.29 is 9.59 Å². The molecule has 0 fully saturated rings. The molecule has 0 saturated carbocycles. The van der Waals surface area contributed by atoms with Gasteiger partial charge in [-0.1, -0.05) is 80.4 Å². The Hall–Kier alpha value is -2.94. The van der Waals surface area contributed by atoms with Crippen molar-refractivity contribution in [2.24, 2.45) is 5.73 Å².